The molecule has 9 heteroatoms. The van der Waals surface area contributed by atoms with E-state index in [2.05, 4.69) is 26.6 Å². The Morgan fingerprint density at radius 1 is 1.03 bits per heavy atom. The Labute approximate surface area is 215 Å². The Bertz CT molecular complexity index is 1230. The third-order valence-corrected chi connectivity index (χ3v) is 6.14. The highest BCUT2D eigenvalue weighted by Gasteiger charge is 2.22. The first-order valence-electron chi connectivity index (χ1n) is 12.1. The second-order valence-corrected chi connectivity index (χ2v) is 8.82. The number of piperidine rings is 1. The number of carbonyl (C=O) groups is 2. The highest BCUT2D eigenvalue weighted by Crippen LogP contribution is 2.15. The maximum Gasteiger partial charge on any atom is 0.270 e. The average molecular weight is 502 g/mol. The molecule has 3 aromatic rings. The van der Waals surface area contributed by atoms with Crippen LogP contribution in [0.3, 0.4) is 0 Å². The summed E-state index contributed by atoms with van der Waals surface area (Å²) in [5, 5.41) is 14.7. The molecular weight excluding hydrogens is 473 g/mol. The first-order chi connectivity index (χ1) is 18.0. The minimum absolute atomic E-state index is 0.0654. The quantitative estimate of drug-likeness (QED) is 0.436. The van der Waals surface area contributed by atoms with Crippen LogP contribution in [-0.2, 0) is 6.54 Å². The van der Waals surface area contributed by atoms with Crippen molar-refractivity contribution in [1.29, 1.82) is 5.26 Å². The van der Waals surface area contributed by atoms with Crippen molar-refractivity contribution in [1.82, 2.24) is 20.5 Å². The monoisotopic (exact) mass is 501 g/mol. The smallest absolute Gasteiger partial charge is 0.270 e. The number of hydrogen-bond donors (Lipinski definition) is 2. The van der Waals surface area contributed by atoms with Crippen LogP contribution in [0.4, 0.5) is 4.39 Å². The van der Waals surface area contributed by atoms with Gasteiger partial charge in [-0.05, 0) is 66.9 Å². The zero-order valence-corrected chi connectivity index (χ0v) is 20.3. The number of pyridine rings is 1. The first-order valence-corrected chi connectivity index (χ1v) is 12.1. The lowest BCUT2D eigenvalue weighted by Crippen LogP contribution is -2.44. The van der Waals surface area contributed by atoms with E-state index in [1.54, 1.807) is 12.1 Å². The number of hydrogen-bond acceptors (Lipinski definition) is 6. The van der Waals surface area contributed by atoms with Gasteiger partial charge in [0.05, 0.1) is 23.7 Å². The van der Waals surface area contributed by atoms with E-state index in [-0.39, 0.29) is 42.5 Å². The Kier molecular flexibility index (Phi) is 8.79. The summed E-state index contributed by atoms with van der Waals surface area (Å²) in [4.78, 5) is 31.5. The highest BCUT2D eigenvalue weighted by atomic mass is 19.1. The number of nitrogens with zero attached hydrogens (tertiary/aromatic N) is 3. The lowest BCUT2D eigenvalue weighted by atomic mass is 10.0. The van der Waals surface area contributed by atoms with Gasteiger partial charge in [-0.25, -0.2) is 4.39 Å². The van der Waals surface area contributed by atoms with Crippen molar-refractivity contribution in [3.8, 4) is 11.8 Å². The molecule has 190 valence electrons. The van der Waals surface area contributed by atoms with Gasteiger partial charge in [-0.15, -0.1) is 0 Å². The predicted octanol–water partition coefficient (Wildman–Crippen LogP) is 3.30. The van der Waals surface area contributed by atoms with Gasteiger partial charge in [0.1, 0.15) is 23.9 Å². The Balaban J connectivity index is 1.17. The molecule has 0 spiro atoms. The van der Waals surface area contributed by atoms with E-state index in [1.807, 2.05) is 24.3 Å². The topological polar surface area (TPSA) is 107 Å². The summed E-state index contributed by atoms with van der Waals surface area (Å²) in [6.45, 7) is 3.04. The van der Waals surface area contributed by atoms with Gasteiger partial charge in [-0.3, -0.25) is 19.5 Å². The summed E-state index contributed by atoms with van der Waals surface area (Å²) < 4.78 is 18.4. The summed E-state index contributed by atoms with van der Waals surface area (Å²) in [6.07, 6.45) is 3.05. The van der Waals surface area contributed by atoms with Crippen molar-refractivity contribution in [3.05, 3.63) is 95.1 Å². The van der Waals surface area contributed by atoms with Crippen molar-refractivity contribution >= 4 is 11.8 Å². The van der Waals surface area contributed by atoms with E-state index in [0.717, 1.165) is 38.0 Å². The molecule has 8 nitrogen and oxygen atoms in total. The molecule has 4 rings (SSSR count). The third-order valence-electron chi connectivity index (χ3n) is 6.14. The third kappa shape index (κ3) is 7.59. The molecule has 2 aromatic carbocycles. The second kappa shape index (κ2) is 12.6. The maximum absolute atomic E-state index is 12.9. The van der Waals surface area contributed by atoms with Gasteiger partial charge in [0, 0.05) is 31.9 Å². The average Bonchev–Trinajstić information content (AvgIpc) is 2.93. The van der Waals surface area contributed by atoms with Crippen molar-refractivity contribution < 1.29 is 18.7 Å². The van der Waals surface area contributed by atoms with Gasteiger partial charge in [-0.1, -0.05) is 12.1 Å². The largest absolute Gasteiger partial charge is 0.492 e. The molecule has 0 radical (unpaired) electrons. The molecule has 0 saturated carbocycles. The SMILES string of the molecule is N#Cc1ccc(CN2CCC(NC(=O)c3ccc(C(=O)NCCOc4ccc(F)cc4)cn3)CC2)cc1. The number of halogens is 1. The number of nitriles is 1. The minimum Gasteiger partial charge on any atom is -0.492 e. The van der Waals surface area contributed by atoms with Crippen LogP contribution in [0.25, 0.3) is 0 Å². The van der Waals surface area contributed by atoms with E-state index in [1.165, 1.54) is 30.5 Å². The molecule has 2 amide bonds. The van der Waals surface area contributed by atoms with Crippen LogP contribution >= 0.6 is 0 Å². The summed E-state index contributed by atoms with van der Waals surface area (Å²) in [6, 6.07) is 18.6. The number of likely N-dealkylation sites (tertiary alicyclic amines) is 1. The molecule has 1 aromatic heterocycles. The fourth-order valence-corrected chi connectivity index (χ4v) is 4.07. The number of ether oxygens (including phenoxy) is 1. The van der Waals surface area contributed by atoms with Crippen molar-refractivity contribution in [2.45, 2.75) is 25.4 Å². The molecule has 0 unspecified atom stereocenters. The molecule has 1 aliphatic rings. The number of benzene rings is 2. The van der Waals surface area contributed by atoms with Gasteiger partial charge in [0.2, 0.25) is 0 Å². The molecule has 0 aliphatic carbocycles. The van der Waals surface area contributed by atoms with Crippen LogP contribution < -0.4 is 15.4 Å². The standard InChI is InChI=1S/C28H28FN5O3/c29-23-6-8-25(9-7-23)37-16-13-31-27(35)22-5-10-26(32-18-22)28(36)33-24-11-14-34(15-12-24)19-21-3-1-20(17-30)2-4-21/h1-10,18,24H,11-16,19H2,(H,31,35)(H,33,36). The van der Waals surface area contributed by atoms with E-state index in [4.69, 9.17) is 10.00 Å². The fraction of sp³-hybridized carbons (Fsp3) is 0.286. The first kappa shape index (κ1) is 25.8. The number of rotatable bonds is 9. The molecule has 2 heterocycles. The molecule has 0 bridgehead atoms. The van der Waals surface area contributed by atoms with Crippen molar-refractivity contribution in [2.75, 3.05) is 26.2 Å². The molecule has 0 atom stereocenters. The Morgan fingerprint density at radius 2 is 1.76 bits per heavy atom. The summed E-state index contributed by atoms with van der Waals surface area (Å²) in [5.74, 6) is -0.404. The molecule has 37 heavy (non-hydrogen) atoms. The maximum atomic E-state index is 12.9. The van der Waals surface area contributed by atoms with E-state index < -0.39 is 0 Å². The predicted molar refractivity (Wildman–Crippen MR) is 135 cm³/mol. The van der Waals surface area contributed by atoms with E-state index in [0.29, 0.717) is 16.9 Å². The number of nitrogens with one attached hydrogen (secondary N) is 2. The molecule has 1 fully saturated rings. The normalized spacial score (nSPS) is 13.9. The molecular formula is C28H28FN5O3. The summed E-state index contributed by atoms with van der Waals surface area (Å²) in [7, 11) is 0. The van der Waals surface area contributed by atoms with Crippen LogP contribution in [0.15, 0.2) is 66.9 Å². The Hall–Kier alpha value is -4.29. The van der Waals surface area contributed by atoms with Gasteiger partial charge >= 0.3 is 0 Å². The van der Waals surface area contributed by atoms with Gasteiger partial charge in [-0.2, -0.15) is 5.26 Å². The van der Waals surface area contributed by atoms with Crippen molar-refractivity contribution in [2.24, 2.45) is 0 Å². The number of amides is 2. The van der Waals surface area contributed by atoms with Crippen LogP contribution in [0.1, 0.15) is 44.8 Å². The van der Waals surface area contributed by atoms with Crippen LogP contribution in [0, 0.1) is 17.1 Å². The molecule has 1 aliphatic heterocycles. The second-order valence-electron chi connectivity index (χ2n) is 8.82. The molecule has 2 N–H and O–H groups in total. The zero-order chi connectivity index (χ0) is 26.0. The number of carbonyl (C=O) groups excluding carboxylic acids is 2. The minimum atomic E-state index is -0.341. The lowest BCUT2D eigenvalue weighted by molar-refractivity contribution is 0.0900. The van der Waals surface area contributed by atoms with Crippen LogP contribution in [0.2, 0.25) is 0 Å². The van der Waals surface area contributed by atoms with E-state index >= 15 is 0 Å². The van der Waals surface area contributed by atoms with Crippen molar-refractivity contribution in [3.63, 3.8) is 0 Å². The molecule has 1 saturated heterocycles. The van der Waals surface area contributed by atoms with Gasteiger partial charge in [0.15, 0.2) is 0 Å². The zero-order valence-electron chi connectivity index (χ0n) is 20.3. The van der Waals surface area contributed by atoms with E-state index in [9.17, 15) is 14.0 Å². The summed E-state index contributed by atoms with van der Waals surface area (Å²) in [5.41, 5.74) is 2.42. The number of aromatic nitrogens is 1. The van der Waals surface area contributed by atoms with Crippen LogP contribution in [-0.4, -0.2) is 54.0 Å². The van der Waals surface area contributed by atoms with Gasteiger partial charge < -0.3 is 15.4 Å². The summed E-state index contributed by atoms with van der Waals surface area (Å²) >= 11 is 0. The highest BCUT2D eigenvalue weighted by molar-refractivity contribution is 5.96. The fourth-order valence-electron chi connectivity index (χ4n) is 4.07. The van der Waals surface area contributed by atoms with Crippen LogP contribution in [0.5, 0.6) is 5.75 Å². The lowest BCUT2D eigenvalue weighted by Gasteiger charge is -2.32. The van der Waals surface area contributed by atoms with Gasteiger partial charge in [0.25, 0.3) is 11.8 Å². The Morgan fingerprint density at radius 3 is 2.41 bits per heavy atom.